The van der Waals surface area contributed by atoms with Crippen LogP contribution in [0, 0.1) is 0 Å². The molecule has 6 nitrogen and oxygen atoms in total. The molecule has 0 aromatic rings. The maximum Gasteiger partial charge on any atom is 0.306 e. The molecule has 0 bridgehead atoms. The van der Waals surface area contributed by atoms with E-state index in [1.807, 2.05) is 6.08 Å². The minimum Gasteiger partial charge on any atom is -0.458 e. The number of aliphatic hydroxyl groups excluding tert-OH is 2. The van der Waals surface area contributed by atoms with Crippen LogP contribution in [0.5, 0.6) is 0 Å². The van der Waals surface area contributed by atoms with E-state index in [0.29, 0.717) is 19.3 Å². The molecule has 70 heavy (non-hydrogen) atoms. The molecule has 3 N–H and O–H groups in total. The Labute approximate surface area is 433 Å². The second-order valence-corrected chi connectivity index (χ2v) is 19.7. The number of aliphatic hydroxyl groups is 2. The molecule has 0 fully saturated rings. The summed E-state index contributed by atoms with van der Waals surface area (Å²) in [4.78, 5) is 26.2. The van der Waals surface area contributed by atoms with Crippen molar-refractivity contribution in [3.63, 3.8) is 0 Å². The van der Waals surface area contributed by atoms with Gasteiger partial charge in [-0.1, -0.05) is 272 Å². The molecule has 3 atom stereocenters. The van der Waals surface area contributed by atoms with Crippen molar-refractivity contribution in [3.05, 3.63) is 97.2 Å². The predicted octanol–water partition coefficient (Wildman–Crippen LogP) is 18.5. The first kappa shape index (κ1) is 66.8. The predicted molar refractivity (Wildman–Crippen MR) is 305 cm³/mol. The molecule has 0 saturated carbocycles. The van der Waals surface area contributed by atoms with E-state index in [1.165, 1.54) is 135 Å². The van der Waals surface area contributed by atoms with Gasteiger partial charge >= 0.3 is 5.97 Å². The largest absolute Gasteiger partial charge is 0.458 e. The summed E-state index contributed by atoms with van der Waals surface area (Å²) in [6, 6.07) is -0.753. The Balaban J connectivity index is 4.74. The van der Waals surface area contributed by atoms with E-state index < -0.39 is 18.2 Å². The summed E-state index contributed by atoms with van der Waals surface area (Å²) >= 11 is 0. The van der Waals surface area contributed by atoms with Crippen molar-refractivity contribution >= 4 is 11.9 Å². The molecule has 0 radical (unpaired) electrons. The van der Waals surface area contributed by atoms with Gasteiger partial charge < -0.3 is 20.3 Å². The van der Waals surface area contributed by atoms with E-state index in [4.69, 9.17) is 4.74 Å². The van der Waals surface area contributed by atoms with Crippen LogP contribution in [-0.4, -0.2) is 46.9 Å². The van der Waals surface area contributed by atoms with Gasteiger partial charge in [0.2, 0.25) is 5.91 Å². The van der Waals surface area contributed by atoms with E-state index in [-0.39, 0.29) is 24.9 Å². The van der Waals surface area contributed by atoms with Gasteiger partial charge in [-0.15, -0.1) is 0 Å². The van der Waals surface area contributed by atoms with Gasteiger partial charge in [-0.05, 0) is 83.1 Å². The minimum atomic E-state index is -0.829. The van der Waals surface area contributed by atoms with E-state index in [0.717, 1.165) is 89.9 Å². The fraction of sp³-hybridized carbons (Fsp3) is 0.719. The number of hydrogen-bond acceptors (Lipinski definition) is 5. The van der Waals surface area contributed by atoms with Crippen molar-refractivity contribution < 1.29 is 24.5 Å². The second kappa shape index (κ2) is 56.7. The average Bonchev–Trinajstić information content (AvgIpc) is 3.35. The zero-order chi connectivity index (χ0) is 50.9. The normalized spacial score (nSPS) is 13.8. The van der Waals surface area contributed by atoms with Crippen LogP contribution in [0.3, 0.4) is 0 Å². The quantitative estimate of drug-likeness (QED) is 0.0244. The fourth-order valence-corrected chi connectivity index (χ4v) is 8.48. The summed E-state index contributed by atoms with van der Waals surface area (Å²) in [7, 11) is 0. The van der Waals surface area contributed by atoms with Crippen LogP contribution in [0.1, 0.15) is 271 Å². The van der Waals surface area contributed by atoms with E-state index in [1.54, 1.807) is 6.08 Å². The van der Waals surface area contributed by atoms with Gasteiger partial charge in [-0.25, -0.2) is 0 Å². The molecule has 0 aliphatic carbocycles. The minimum absolute atomic E-state index is 0.0575. The van der Waals surface area contributed by atoms with Crippen LogP contribution in [0.2, 0.25) is 0 Å². The van der Waals surface area contributed by atoms with Gasteiger partial charge in [-0.3, -0.25) is 9.59 Å². The summed E-state index contributed by atoms with van der Waals surface area (Å²) in [5, 5.41) is 23.8. The highest BCUT2D eigenvalue weighted by atomic mass is 16.5. The smallest absolute Gasteiger partial charge is 0.306 e. The molecule has 0 heterocycles. The number of carbonyl (C=O) groups is 2. The highest BCUT2D eigenvalue weighted by molar-refractivity contribution is 5.78. The highest BCUT2D eigenvalue weighted by Gasteiger charge is 2.23. The van der Waals surface area contributed by atoms with Gasteiger partial charge in [0.1, 0.15) is 6.10 Å². The van der Waals surface area contributed by atoms with Crippen LogP contribution < -0.4 is 5.32 Å². The van der Waals surface area contributed by atoms with Crippen LogP contribution in [0.25, 0.3) is 0 Å². The van der Waals surface area contributed by atoms with Gasteiger partial charge in [0.05, 0.1) is 25.2 Å². The summed E-state index contributed by atoms with van der Waals surface area (Å²) in [5.74, 6) is -0.647. The lowest BCUT2D eigenvalue weighted by molar-refractivity contribution is -0.148. The second-order valence-electron chi connectivity index (χ2n) is 19.7. The van der Waals surface area contributed by atoms with Crippen LogP contribution >= 0.6 is 0 Å². The van der Waals surface area contributed by atoms with Crippen molar-refractivity contribution in [2.24, 2.45) is 0 Å². The Morgan fingerprint density at radius 3 is 1.24 bits per heavy atom. The molecule has 0 saturated heterocycles. The lowest BCUT2D eigenvalue weighted by atomic mass is 10.0. The first-order valence-electron chi connectivity index (χ1n) is 29.5. The van der Waals surface area contributed by atoms with Crippen LogP contribution in [-0.2, 0) is 14.3 Å². The zero-order valence-corrected chi connectivity index (χ0v) is 45.9. The molecular weight excluding hydrogens is 863 g/mol. The highest BCUT2D eigenvalue weighted by Crippen LogP contribution is 2.16. The lowest BCUT2D eigenvalue weighted by Crippen LogP contribution is -2.46. The first-order chi connectivity index (χ1) is 34.5. The molecule has 3 unspecified atom stereocenters. The average molecular weight is 975 g/mol. The summed E-state index contributed by atoms with van der Waals surface area (Å²) in [6.07, 6.45) is 76.5. The Morgan fingerprint density at radius 2 is 0.829 bits per heavy atom. The van der Waals surface area contributed by atoms with Crippen molar-refractivity contribution in [1.29, 1.82) is 0 Å². The Morgan fingerprint density at radius 1 is 0.457 bits per heavy atom. The molecule has 0 rings (SSSR count). The number of esters is 1. The van der Waals surface area contributed by atoms with E-state index in [9.17, 15) is 19.8 Å². The van der Waals surface area contributed by atoms with Crippen molar-refractivity contribution in [2.75, 3.05) is 6.61 Å². The number of amides is 1. The summed E-state index contributed by atoms with van der Waals surface area (Å²) in [6.45, 7) is 6.35. The number of unbranched alkanes of at least 4 members (excludes halogenated alkanes) is 27. The third-order valence-corrected chi connectivity index (χ3v) is 12.9. The molecule has 402 valence electrons. The SMILES string of the molecule is CC/C=C\C/C=C\C/C=C\C/C=C\C/C=C\C/C=C\C(CC(=O)NC(CO)C(O)CCCCCCCCCCCCCCCCCC)OC(=O)CCCCCCC/C=C/C=C/CCCCCCCCC. The molecule has 0 spiro atoms. The standard InChI is InChI=1S/C64H111NO5/c1-4-7-10-13-16-19-22-25-28-31-33-36-39-42-45-48-51-54-57-64(69)70-60(55-52-49-46-43-40-37-34-32-29-26-23-20-17-14-11-8-5-2)58-63(68)65-61(59-66)62(67)56-53-50-47-44-41-38-35-30-27-24-21-18-15-12-9-6-3/h8,11,17,20,26,28-29,31,33-34,36-37,43,46,52,55,60-62,66-67H,4-7,9-10,12-16,18-19,21-25,27,30,32,35,38-42,44-45,47-51,53-54,56-59H2,1-3H3,(H,65,68)/b11-8-,20-17-,29-26-,31-28+,36-33+,37-34-,46-43-,55-52-. The number of carbonyl (C=O) groups excluding carboxylic acids is 2. The monoisotopic (exact) mass is 974 g/mol. The van der Waals surface area contributed by atoms with Crippen molar-refractivity contribution in [2.45, 2.75) is 289 Å². The number of ether oxygens (including phenoxy) is 1. The van der Waals surface area contributed by atoms with Crippen molar-refractivity contribution in [1.82, 2.24) is 5.32 Å². The first-order valence-corrected chi connectivity index (χ1v) is 29.5. The molecule has 0 aliphatic rings. The Hall–Kier alpha value is -3.22. The maximum absolute atomic E-state index is 13.2. The van der Waals surface area contributed by atoms with Gasteiger partial charge in [0.15, 0.2) is 0 Å². The van der Waals surface area contributed by atoms with Gasteiger partial charge in [0.25, 0.3) is 0 Å². The fourth-order valence-electron chi connectivity index (χ4n) is 8.48. The van der Waals surface area contributed by atoms with Gasteiger partial charge in [-0.2, -0.15) is 0 Å². The van der Waals surface area contributed by atoms with Gasteiger partial charge in [0, 0.05) is 6.42 Å². The summed E-state index contributed by atoms with van der Waals surface area (Å²) < 4.78 is 5.85. The number of allylic oxidation sites excluding steroid dienone is 15. The van der Waals surface area contributed by atoms with Crippen LogP contribution in [0.15, 0.2) is 97.2 Å². The molecule has 0 aromatic heterocycles. The molecule has 0 aliphatic heterocycles. The molecular formula is C64H111NO5. The Kier molecular flexibility index (Phi) is 54.1. The van der Waals surface area contributed by atoms with E-state index >= 15 is 0 Å². The third-order valence-electron chi connectivity index (χ3n) is 12.9. The topological polar surface area (TPSA) is 95.9 Å². The van der Waals surface area contributed by atoms with Crippen molar-refractivity contribution in [3.8, 4) is 0 Å². The number of nitrogens with one attached hydrogen (secondary N) is 1. The third kappa shape index (κ3) is 51.1. The molecule has 6 heteroatoms. The Bertz CT molecular complexity index is 1370. The van der Waals surface area contributed by atoms with Crippen LogP contribution in [0.4, 0.5) is 0 Å². The number of hydrogen-bond donors (Lipinski definition) is 3. The maximum atomic E-state index is 13.2. The lowest BCUT2D eigenvalue weighted by Gasteiger charge is -2.23. The van der Waals surface area contributed by atoms with E-state index in [2.05, 4.69) is 111 Å². The summed E-state index contributed by atoms with van der Waals surface area (Å²) in [5.41, 5.74) is 0. The number of rotatable bonds is 52. The molecule has 1 amide bonds. The zero-order valence-electron chi connectivity index (χ0n) is 45.9. The molecule has 0 aromatic carbocycles.